The van der Waals surface area contributed by atoms with Crippen molar-refractivity contribution in [3.8, 4) is 0 Å². The lowest BCUT2D eigenvalue weighted by molar-refractivity contribution is -0.0305. The summed E-state index contributed by atoms with van der Waals surface area (Å²) in [6, 6.07) is 1.49. The van der Waals surface area contributed by atoms with E-state index in [1.54, 1.807) is 0 Å². The van der Waals surface area contributed by atoms with Crippen LogP contribution in [0.2, 0.25) is 0 Å². The second-order valence-corrected chi connectivity index (χ2v) is 6.99. The Labute approximate surface area is 118 Å². The molecular formula is C15H22N4O. The van der Waals surface area contributed by atoms with Crippen LogP contribution in [0.3, 0.4) is 0 Å². The number of nitrogens with two attached hydrogens (primary N) is 1. The van der Waals surface area contributed by atoms with E-state index < -0.39 is 0 Å². The summed E-state index contributed by atoms with van der Waals surface area (Å²) >= 11 is 0. The van der Waals surface area contributed by atoms with Gasteiger partial charge in [0.25, 0.3) is 5.56 Å². The maximum absolute atomic E-state index is 11.4. The molecule has 5 rings (SSSR count). The Kier molecular flexibility index (Phi) is 2.75. The summed E-state index contributed by atoms with van der Waals surface area (Å²) < 4.78 is 0. The fourth-order valence-corrected chi connectivity index (χ4v) is 5.16. The number of H-pyrrole nitrogens is 1. The quantitative estimate of drug-likeness (QED) is 0.785. The third-order valence-corrected chi connectivity index (χ3v) is 5.70. The van der Waals surface area contributed by atoms with Gasteiger partial charge in [0.15, 0.2) is 0 Å². The van der Waals surface area contributed by atoms with Crippen molar-refractivity contribution in [2.75, 3.05) is 17.6 Å². The highest BCUT2D eigenvalue weighted by molar-refractivity contribution is 5.37. The molecule has 4 aliphatic rings. The number of anilines is 2. The molecule has 5 heteroatoms. The smallest absolute Gasteiger partial charge is 0.254 e. The second-order valence-electron chi connectivity index (χ2n) is 6.99. The molecule has 108 valence electrons. The Morgan fingerprint density at radius 3 is 2.45 bits per heavy atom. The molecule has 0 spiro atoms. The molecule has 1 aromatic rings. The predicted octanol–water partition coefficient (Wildman–Crippen LogP) is 1.84. The van der Waals surface area contributed by atoms with Crippen molar-refractivity contribution >= 4 is 11.8 Å². The topological polar surface area (TPSA) is 83.8 Å². The van der Waals surface area contributed by atoms with Crippen molar-refractivity contribution in [2.24, 2.45) is 29.6 Å². The summed E-state index contributed by atoms with van der Waals surface area (Å²) in [5, 5.41) is 3.34. The van der Waals surface area contributed by atoms with Crippen LogP contribution in [0.1, 0.15) is 32.1 Å². The van der Waals surface area contributed by atoms with Gasteiger partial charge in [0.2, 0.25) is 5.95 Å². The van der Waals surface area contributed by atoms with Crippen molar-refractivity contribution in [3.63, 3.8) is 0 Å². The van der Waals surface area contributed by atoms with Gasteiger partial charge < -0.3 is 11.1 Å². The van der Waals surface area contributed by atoms with Crippen molar-refractivity contribution in [1.82, 2.24) is 9.97 Å². The maximum atomic E-state index is 11.4. The SMILES string of the molecule is Nc1nc(NCC2C3CC4CC(C3)CC2C4)cc(=O)[nH]1. The Balaban J connectivity index is 1.46. The molecule has 0 saturated heterocycles. The highest BCUT2D eigenvalue weighted by Gasteiger charge is 2.47. The molecule has 20 heavy (non-hydrogen) atoms. The van der Waals surface area contributed by atoms with Crippen LogP contribution in [0.5, 0.6) is 0 Å². The van der Waals surface area contributed by atoms with Crippen LogP contribution in [0.25, 0.3) is 0 Å². The predicted molar refractivity (Wildman–Crippen MR) is 78.3 cm³/mol. The fourth-order valence-electron chi connectivity index (χ4n) is 5.16. The molecule has 4 N–H and O–H groups in total. The third-order valence-electron chi connectivity index (χ3n) is 5.70. The number of aromatic amines is 1. The van der Waals surface area contributed by atoms with Gasteiger partial charge in [0, 0.05) is 12.6 Å². The van der Waals surface area contributed by atoms with Gasteiger partial charge in [-0.05, 0) is 61.7 Å². The van der Waals surface area contributed by atoms with Crippen LogP contribution in [0, 0.1) is 29.6 Å². The van der Waals surface area contributed by atoms with Gasteiger partial charge in [-0.15, -0.1) is 0 Å². The first-order valence-corrected chi connectivity index (χ1v) is 7.78. The normalized spacial score (nSPS) is 38.1. The first-order valence-electron chi connectivity index (χ1n) is 7.78. The average molecular weight is 274 g/mol. The van der Waals surface area contributed by atoms with Crippen LogP contribution in [0.4, 0.5) is 11.8 Å². The molecule has 1 heterocycles. The van der Waals surface area contributed by atoms with E-state index in [1.807, 2.05) is 0 Å². The van der Waals surface area contributed by atoms with Gasteiger partial charge in [0.1, 0.15) is 5.82 Å². The Bertz CT molecular complexity index is 539. The first-order chi connectivity index (χ1) is 9.67. The standard InChI is InChI=1S/C15H22N4O/c16-15-18-13(6-14(20)19-15)17-7-12-10-2-8-1-9(4-10)5-11(12)3-8/h6,8-12H,1-5,7H2,(H4,16,17,18,19,20). The van der Waals surface area contributed by atoms with Gasteiger partial charge in [-0.3, -0.25) is 9.78 Å². The Hall–Kier alpha value is -1.52. The van der Waals surface area contributed by atoms with Gasteiger partial charge in [-0.25, -0.2) is 0 Å². The first kappa shape index (κ1) is 12.2. The van der Waals surface area contributed by atoms with E-state index in [0.717, 1.165) is 36.1 Å². The zero-order valence-electron chi connectivity index (χ0n) is 11.6. The van der Waals surface area contributed by atoms with Crippen LogP contribution in [-0.2, 0) is 0 Å². The molecule has 0 unspecified atom stereocenters. The Morgan fingerprint density at radius 1 is 1.20 bits per heavy atom. The monoisotopic (exact) mass is 274 g/mol. The molecule has 4 saturated carbocycles. The number of hydrogen-bond acceptors (Lipinski definition) is 4. The van der Waals surface area contributed by atoms with E-state index in [-0.39, 0.29) is 11.5 Å². The van der Waals surface area contributed by atoms with Crippen LogP contribution >= 0.6 is 0 Å². The number of nitrogen functional groups attached to an aromatic ring is 1. The number of hydrogen-bond donors (Lipinski definition) is 3. The van der Waals surface area contributed by atoms with Crippen molar-refractivity contribution in [3.05, 3.63) is 16.4 Å². The lowest BCUT2D eigenvalue weighted by atomic mass is 9.52. The van der Waals surface area contributed by atoms with Crippen molar-refractivity contribution in [2.45, 2.75) is 32.1 Å². The zero-order chi connectivity index (χ0) is 13.7. The summed E-state index contributed by atoms with van der Waals surface area (Å²) in [4.78, 5) is 18.0. The molecule has 0 aromatic carbocycles. The van der Waals surface area contributed by atoms with Crippen LogP contribution in [0.15, 0.2) is 10.9 Å². The maximum Gasteiger partial charge on any atom is 0.254 e. The van der Waals surface area contributed by atoms with Crippen LogP contribution < -0.4 is 16.6 Å². The fraction of sp³-hybridized carbons (Fsp3) is 0.733. The van der Waals surface area contributed by atoms with E-state index in [2.05, 4.69) is 15.3 Å². The molecule has 4 fully saturated rings. The minimum atomic E-state index is -0.190. The minimum absolute atomic E-state index is 0.185. The molecule has 0 aliphatic heterocycles. The third kappa shape index (κ3) is 2.09. The molecule has 4 bridgehead atoms. The molecule has 4 aliphatic carbocycles. The van der Waals surface area contributed by atoms with Gasteiger partial charge in [-0.1, -0.05) is 0 Å². The summed E-state index contributed by atoms with van der Waals surface area (Å²) in [7, 11) is 0. The second kappa shape index (κ2) is 4.50. The Morgan fingerprint density at radius 2 is 1.85 bits per heavy atom. The molecule has 5 nitrogen and oxygen atoms in total. The molecule has 0 atom stereocenters. The van der Waals surface area contributed by atoms with Gasteiger partial charge in [0.05, 0.1) is 0 Å². The number of nitrogens with zero attached hydrogens (tertiary/aromatic N) is 1. The summed E-state index contributed by atoms with van der Waals surface area (Å²) in [6.45, 7) is 0.935. The minimum Gasteiger partial charge on any atom is -0.369 e. The lowest BCUT2D eigenvalue weighted by Gasteiger charge is -2.54. The average Bonchev–Trinajstić information content (AvgIpc) is 2.35. The summed E-state index contributed by atoms with van der Waals surface area (Å²) in [5.41, 5.74) is 5.39. The van der Waals surface area contributed by atoms with E-state index >= 15 is 0 Å². The lowest BCUT2D eigenvalue weighted by Crippen LogP contribution is -2.47. The van der Waals surface area contributed by atoms with Gasteiger partial charge >= 0.3 is 0 Å². The van der Waals surface area contributed by atoms with E-state index in [9.17, 15) is 4.79 Å². The molecule has 0 radical (unpaired) electrons. The zero-order valence-corrected chi connectivity index (χ0v) is 11.6. The largest absolute Gasteiger partial charge is 0.369 e. The van der Waals surface area contributed by atoms with Crippen molar-refractivity contribution < 1.29 is 0 Å². The summed E-state index contributed by atoms with van der Waals surface area (Å²) in [6.07, 6.45) is 7.17. The van der Waals surface area contributed by atoms with Crippen LogP contribution in [-0.4, -0.2) is 16.5 Å². The van der Waals surface area contributed by atoms with Gasteiger partial charge in [-0.2, -0.15) is 4.98 Å². The number of aromatic nitrogens is 2. The number of nitrogens with one attached hydrogen (secondary N) is 2. The van der Waals surface area contributed by atoms with E-state index in [1.165, 1.54) is 38.2 Å². The molecule has 0 amide bonds. The summed E-state index contributed by atoms with van der Waals surface area (Å²) in [5.74, 6) is 5.33. The molecular weight excluding hydrogens is 252 g/mol. The highest BCUT2D eigenvalue weighted by Crippen LogP contribution is 2.56. The van der Waals surface area contributed by atoms with Crippen molar-refractivity contribution in [1.29, 1.82) is 0 Å². The number of rotatable bonds is 3. The van der Waals surface area contributed by atoms with E-state index in [4.69, 9.17) is 5.73 Å². The van der Waals surface area contributed by atoms with E-state index in [0.29, 0.717) is 5.82 Å². The molecule has 1 aromatic heterocycles. The highest BCUT2D eigenvalue weighted by atomic mass is 16.1.